The number of rotatable bonds is 10. The molecule has 2 unspecified atom stereocenters. The van der Waals surface area contributed by atoms with Gasteiger partial charge in [-0.15, -0.1) is 0 Å². The number of esters is 1. The smallest absolute Gasteiger partial charge is 0.334 e. The van der Waals surface area contributed by atoms with Gasteiger partial charge in [0.05, 0.1) is 6.61 Å². The summed E-state index contributed by atoms with van der Waals surface area (Å²) in [5.41, 5.74) is 1.81. The molecule has 2 aromatic rings. The van der Waals surface area contributed by atoms with E-state index in [1.807, 2.05) is 43.3 Å². The minimum absolute atomic E-state index is 0.0220. The van der Waals surface area contributed by atoms with Crippen molar-refractivity contribution < 1.29 is 23.9 Å². The maximum Gasteiger partial charge on any atom is 0.334 e. The third-order valence-electron chi connectivity index (χ3n) is 4.98. The molecule has 2 atom stereocenters. The molecular weight excluding hydrogens is 370 g/mol. The summed E-state index contributed by atoms with van der Waals surface area (Å²) >= 11 is 0. The van der Waals surface area contributed by atoms with Crippen molar-refractivity contribution in [3.63, 3.8) is 0 Å². The monoisotopic (exact) mass is 399 g/mol. The second-order valence-electron chi connectivity index (χ2n) is 7.24. The number of hydrogen-bond donors (Lipinski definition) is 1. The molecule has 0 aliphatic rings. The molecule has 156 valence electrons. The maximum absolute atomic E-state index is 13.0. The number of nitrogens with one attached hydrogen (secondary N) is 1. The van der Waals surface area contributed by atoms with E-state index in [9.17, 15) is 14.4 Å². The van der Waals surface area contributed by atoms with E-state index >= 15 is 0 Å². The molecule has 0 aromatic heterocycles. The van der Waals surface area contributed by atoms with E-state index in [1.54, 1.807) is 6.92 Å². The molecule has 0 saturated carbocycles. The number of Topliss-reactive ketones (excluding diaryl/α,β-unsaturated/α-hetero) is 1. The van der Waals surface area contributed by atoms with Crippen LogP contribution >= 0.6 is 0 Å². The van der Waals surface area contributed by atoms with Crippen molar-refractivity contribution in [2.45, 2.75) is 46.1 Å². The van der Waals surface area contributed by atoms with Gasteiger partial charge in [-0.2, -0.15) is 0 Å². The van der Waals surface area contributed by atoms with Crippen LogP contribution in [0.1, 0.15) is 38.7 Å². The lowest BCUT2D eigenvalue weighted by Gasteiger charge is -2.18. The number of aryl methyl sites for hydroxylation is 1. The zero-order valence-electron chi connectivity index (χ0n) is 17.5. The lowest BCUT2D eigenvalue weighted by molar-refractivity contribution is -0.155. The van der Waals surface area contributed by atoms with E-state index in [-0.39, 0.29) is 18.3 Å². The minimum Gasteiger partial charge on any atom is -0.464 e. The summed E-state index contributed by atoms with van der Waals surface area (Å²) in [5, 5.41) is 5.05. The average molecular weight is 399 g/mol. The zero-order valence-corrected chi connectivity index (χ0v) is 17.5. The Bertz CT molecular complexity index is 871. The van der Waals surface area contributed by atoms with Crippen molar-refractivity contribution in [2.75, 3.05) is 19.0 Å². The predicted octanol–water partition coefficient (Wildman–Crippen LogP) is 4.04. The summed E-state index contributed by atoms with van der Waals surface area (Å²) < 4.78 is 10.1. The van der Waals surface area contributed by atoms with Crippen LogP contribution in [-0.2, 0) is 23.9 Å². The number of ether oxygens (including phenoxy) is 2. The summed E-state index contributed by atoms with van der Waals surface area (Å²) in [5.74, 6) is -1.07. The third-order valence-corrected chi connectivity index (χ3v) is 4.98. The van der Waals surface area contributed by atoms with Gasteiger partial charge in [0, 0.05) is 30.5 Å². The van der Waals surface area contributed by atoms with Crippen LogP contribution in [0.2, 0.25) is 0 Å². The van der Waals surface area contributed by atoms with E-state index < -0.39 is 18.0 Å². The summed E-state index contributed by atoms with van der Waals surface area (Å²) in [6, 6.07) is 11.8. The predicted molar refractivity (Wildman–Crippen MR) is 113 cm³/mol. The van der Waals surface area contributed by atoms with Crippen LogP contribution in [-0.4, -0.2) is 37.5 Å². The fourth-order valence-corrected chi connectivity index (χ4v) is 3.17. The molecule has 6 heteroatoms. The molecule has 29 heavy (non-hydrogen) atoms. The number of anilines is 1. The lowest BCUT2D eigenvalue weighted by atomic mass is 9.96. The third kappa shape index (κ3) is 6.39. The number of carbonyl (C=O) groups excluding carboxylic acids is 3. The highest BCUT2D eigenvalue weighted by Gasteiger charge is 2.21. The number of methoxy groups -OCH3 is 1. The fourth-order valence-electron chi connectivity index (χ4n) is 3.17. The molecule has 0 saturated heterocycles. The Morgan fingerprint density at radius 3 is 2.41 bits per heavy atom. The maximum atomic E-state index is 13.0. The standard InChI is InChI=1S/C23H29NO5/c1-15-7-5-8-18-9-6-10-20(21(15)18)24-22(26)19(12-11-16(2)25)13-14-29-23(27)17(3)28-4/h5-10,17,19H,11-14H2,1-4H3,(H,24,26). The van der Waals surface area contributed by atoms with E-state index in [1.165, 1.54) is 14.0 Å². The molecule has 2 aromatic carbocycles. The second-order valence-corrected chi connectivity index (χ2v) is 7.24. The van der Waals surface area contributed by atoms with Gasteiger partial charge in [0.15, 0.2) is 6.10 Å². The molecule has 0 aliphatic heterocycles. The number of amides is 1. The molecule has 0 spiro atoms. The molecule has 2 rings (SSSR count). The van der Waals surface area contributed by atoms with Gasteiger partial charge in [-0.05, 0) is 50.6 Å². The number of hydrogen-bond acceptors (Lipinski definition) is 5. The van der Waals surface area contributed by atoms with Gasteiger partial charge in [-0.25, -0.2) is 4.79 Å². The number of fused-ring (bicyclic) bond motifs is 1. The van der Waals surface area contributed by atoms with E-state index in [4.69, 9.17) is 9.47 Å². The van der Waals surface area contributed by atoms with Crippen molar-refractivity contribution in [1.29, 1.82) is 0 Å². The van der Waals surface area contributed by atoms with Crippen LogP contribution in [0.25, 0.3) is 10.8 Å². The molecule has 0 fully saturated rings. The zero-order chi connectivity index (χ0) is 21.4. The Hall–Kier alpha value is -2.73. The molecular formula is C23H29NO5. The van der Waals surface area contributed by atoms with Gasteiger partial charge in [0.1, 0.15) is 5.78 Å². The molecule has 0 heterocycles. The topological polar surface area (TPSA) is 81.7 Å². The van der Waals surface area contributed by atoms with E-state index in [0.717, 1.165) is 22.0 Å². The Morgan fingerprint density at radius 1 is 1.07 bits per heavy atom. The summed E-state index contributed by atoms with van der Waals surface area (Å²) in [6.07, 6.45) is 0.390. The first kappa shape index (κ1) is 22.6. The van der Waals surface area contributed by atoms with Crippen LogP contribution in [0.15, 0.2) is 36.4 Å². The second kappa shape index (κ2) is 10.7. The minimum atomic E-state index is -0.654. The fraction of sp³-hybridized carbons (Fsp3) is 0.435. The van der Waals surface area contributed by atoms with Crippen LogP contribution in [0, 0.1) is 12.8 Å². The van der Waals surface area contributed by atoms with Gasteiger partial charge in [-0.1, -0.05) is 30.3 Å². The largest absolute Gasteiger partial charge is 0.464 e. The Balaban J connectivity index is 2.11. The molecule has 1 N–H and O–H groups in total. The van der Waals surface area contributed by atoms with Gasteiger partial charge in [0.25, 0.3) is 0 Å². The first-order valence-corrected chi connectivity index (χ1v) is 9.81. The number of benzene rings is 2. The van der Waals surface area contributed by atoms with Crippen molar-refractivity contribution in [1.82, 2.24) is 0 Å². The lowest BCUT2D eigenvalue weighted by Crippen LogP contribution is -2.27. The quantitative estimate of drug-likeness (QED) is 0.610. The van der Waals surface area contributed by atoms with E-state index in [2.05, 4.69) is 5.32 Å². The molecule has 0 aliphatic carbocycles. The van der Waals surface area contributed by atoms with E-state index in [0.29, 0.717) is 19.3 Å². The van der Waals surface area contributed by atoms with Crippen molar-refractivity contribution in [3.05, 3.63) is 42.0 Å². The SMILES string of the molecule is COC(C)C(=O)OCCC(CCC(C)=O)C(=O)Nc1cccc2cccc(C)c12. The molecule has 0 bridgehead atoms. The Morgan fingerprint density at radius 2 is 1.76 bits per heavy atom. The molecule has 1 amide bonds. The van der Waals surface area contributed by atoms with Gasteiger partial charge < -0.3 is 19.6 Å². The Labute approximate surface area is 171 Å². The average Bonchev–Trinajstić information content (AvgIpc) is 2.69. The van der Waals surface area contributed by atoms with Crippen molar-refractivity contribution >= 4 is 34.1 Å². The van der Waals surface area contributed by atoms with Gasteiger partial charge in [-0.3, -0.25) is 4.79 Å². The Kier molecular flexibility index (Phi) is 8.34. The highest BCUT2D eigenvalue weighted by molar-refractivity contribution is 6.04. The highest BCUT2D eigenvalue weighted by atomic mass is 16.6. The number of ketones is 1. The molecule has 6 nitrogen and oxygen atoms in total. The summed E-state index contributed by atoms with van der Waals surface area (Å²) in [6.45, 7) is 5.20. The first-order chi connectivity index (χ1) is 13.8. The van der Waals surface area contributed by atoms with Gasteiger partial charge in [0.2, 0.25) is 5.91 Å². The normalized spacial score (nSPS) is 13.0. The first-order valence-electron chi connectivity index (χ1n) is 9.81. The summed E-state index contributed by atoms with van der Waals surface area (Å²) in [7, 11) is 1.43. The van der Waals surface area contributed by atoms with Crippen LogP contribution in [0.3, 0.4) is 0 Å². The van der Waals surface area contributed by atoms with Crippen molar-refractivity contribution in [2.24, 2.45) is 5.92 Å². The van der Waals surface area contributed by atoms with Crippen LogP contribution in [0.4, 0.5) is 5.69 Å². The highest BCUT2D eigenvalue weighted by Crippen LogP contribution is 2.27. The van der Waals surface area contributed by atoms with Crippen molar-refractivity contribution in [3.8, 4) is 0 Å². The van der Waals surface area contributed by atoms with Crippen LogP contribution in [0.5, 0.6) is 0 Å². The van der Waals surface area contributed by atoms with Crippen LogP contribution < -0.4 is 5.32 Å². The van der Waals surface area contributed by atoms with Gasteiger partial charge >= 0.3 is 5.97 Å². The number of carbonyl (C=O) groups is 3. The summed E-state index contributed by atoms with van der Waals surface area (Å²) in [4.78, 5) is 36.1. The molecule has 0 radical (unpaired) electrons.